The highest BCUT2D eigenvalue weighted by Gasteiger charge is 2.65. The number of hydrogen-bond acceptors (Lipinski definition) is 4. The quantitative estimate of drug-likeness (QED) is 0.810. The van der Waals surface area contributed by atoms with E-state index >= 15 is 0 Å². The van der Waals surface area contributed by atoms with Crippen LogP contribution in [-0.2, 0) is 10.4 Å². The molecule has 1 atom stereocenters. The topological polar surface area (TPSA) is 65.6 Å². The zero-order valence-electron chi connectivity index (χ0n) is 9.47. The molecule has 1 aromatic carbocycles. The molecule has 7 heteroatoms. The molecule has 18 heavy (non-hydrogen) atoms. The number of benzene rings is 1. The smallest absolute Gasteiger partial charge is 0.426 e. The van der Waals surface area contributed by atoms with E-state index < -0.39 is 11.8 Å². The van der Waals surface area contributed by atoms with Gasteiger partial charge in [0.1, 0.15) is 11.9 Å². The van der Waals surface area contributed by atoms with Crippen molar-refractivity contribution >= 4 is 0 Å². The van der Waals surface area contributed by atoms with E-state index in [0.29, 0.717) is 12.4 Å². The predicted molar refractivity (Wildman–Crippen MR) is 55.7 cm³/mol. The average molecular weight is 260 g/mol. The third-order valence-corrected chi connectivity index (χ3v) is 3.15. The number of alkyl halides is 3. The standard InChI is InChI=1S/C11H11F3N2O2/c1-17-8-4-6(2-3-7(8)9-5-18-9)10(15-16-10)11(12,13)14/h2-4,9,15-16H,5H2,1H3. The summed E-state index contributed by atoms with van der Waals surface area (Å²) in [6.45, 7) is 0.580. The third-order valence-electron chi connectivity index (χ3n) is 3.15. The molecule has 98 valence electrons. The molecule has 2 aliphatic heterocycles. The number of hydrazine groups is 1. The predicted octanol–water partition coefficient (Wildman–Crippen LogP) is 1.59. The largest absolute Gasteiger partial charge is 0.496 e. The maximum Gasteiger partial charge on any atom is 0.426 e. The summed E-state index contributed by atoms with van der Waals surface area (Å²) in [5, 5.41) is 0. The number of ether oxygens (including phenoxy) is 2. The summed E-state index contributed by atoms with van der Waals surface area (Å²) in [6.07, 6.45) is -4.47. The van der Waals surface area contributed by atoms with Crippen molar-refractivity contribution in [3.8, 4) is 5.75 Å². The van der Waals surface area contributed by atoms with Gasteiger partial charge < -0.3 is 9.47 Å². The lowest BCUT2D eigenvalue weighted by atomic mass is 10.00. The summed E-state index contributed by atoms with van der Waals surface area (Å²) >= 11 is 0. The molecule has 2 saturated heterocycles. The molecule has 1 unspecified atom stereocenters. The highest BCUT2D eigenvalue weighted by atomic mass is 19.4. The summed E-state index contributed by atoms with van der Waals surface area (Å²) in [5.41, 5.74) is 3.02. The molecular weight excluding hydrogens is 249 g/mol. The molecule has 0 aliphatic carbocycles. The Morgan fingerprint density at radius 3 is 2.50 bits per heavy atom. The van der Waals surface area contributed by atoms with Gasteiger partial charge in [0.15, 0.2) is 0 Å². The first-order valence-electron chi connectivity index (χ1n) is 5.39. The van der Waals surface area contributed by atoms with Gasteiger partial charge in [0.25, 0.3) is 0 Å². The first-order chi connectivity index (χ1) is 8.48. The van der Waals surface area contributed by atoms with Gasteiger partial charge >= 0.3 is 6.18 Å². The van der Waals surface area contributed by atoms with E-state index in [-0.39, 0.29) is 11.7 Å². The van der Waals surface area contributed by atoms with E-state index in [1.807, 2.05) is 0 Å². The number of epoxide rings is 1. The second kappa shape index (κ2) is 3.59. The molecule has 0 spiro atoms. The van der Waals surface area contributed by atoms with Crippen molar-refractivity contribution in [1.82, 2.24) is 10.9 Å². The Hall–Kier alpha value is -1.31. The highest BCUT2D eigenvalue weighted by molar-refractivity contribution is 5.44. The zero-order chi connectivity index (χ0) is 13.0. The van der Waals surface area contributed by atoms with Crippen LogP contribution in [0.4, 0.5) is 13.2 Å². The SMILES string of the molecule is COc1cc(C2(C(F)(F)F)NN2)ccc1C1CO1. The van der Waals surface area contributed by atoms with Gasteiger partial charge in [0, 0.05) is 11.1 Å². The van der Waals surface area contributed by atoms with Crippen molar-refractivity contribution in [2.75, 3.05) is 13.7 Å². The number of hydrogen-bond donors (Lipinski definition) is 2. The molecule has 0 saturated carbocycles. The van der Waals surface area contributed by atoms with Crippen molar-refractivity contribution < 1.29 is 22.6 Å². The van der Waals surface area contributed by atoms with Crippen LogP contribution in [0.1, 0.15) is 17.2 Å². The molecule has 2 heterocycles. The number of rotatable bonds is 3. The Labute approximate surface area is 101 Å². The van der Waals surface area contributed by atoms with Crippen molar-refractivity contribution in [1.29, 1.82) is 0 Å². The Balaban J connectivity index is 1.99. The van der Waals surface area contributed by atoms with Crippen molar-refractivity contribution in [3.63, 3.8) is 0 Å². The normalized spacial score (nSPS) is 24.8. The first kappa shape index (κ1) is 11.8. The van der Waals surface area contributed by atoms with Gasteiger partial charge in [-0.25, -0.2) is 10.9 Å². The second-order valence-electron chi connectivity index (χ2n) is 4.28. The molecule has 1 aromatic rings. The van der Waals surface area contributed by atoms with Gasteiger partial charge in [-0.05, 0) is 6.07 Å². The Morgan fingerprint density at radius 1 is 1.39 bits per heavy atom. The van der Waals surface area contributed by atoms with Gasteiger partial charge in [-0.15, -0.1) is 0 Å². The molecule has 0 amide bonds. The second-order valence-corrected chi connectivity index (χ2v) is 4.28. The van der Waals surface area contributed by atoms with Crippen LogP contribution in [0.25, 0.3) is 0 Å². The van der Waals surface area contributed by atoms with Gasteiger partial charge in [-0.1, -0.05) is 12.1 Å². The molecule has 2 aliphatic rings. The Bertz CT molecular complexity index is 482. The maximum absolute atomic E-state index is 12.9. The number of nitrogens with one attached hydrogen (secondary N) is 2. The third kappa shape index (κ3) is 1.66. The monoisotopic (exact) mass is 260 g/mol. The van der Waals surface area contributed by atoms with E-state index in [1.165, 1.54) is 19.2 Å². The first-order valence-corrected chi connectivity index (χ1v) is 5.39. The van der Waals surface area contributed by atoms with Gasteiger partial charge in [-0.2, -0.15) is 13.2 Å². The number of halogens is 3. The van der Waals surface area contributed by atoms with Gasteiger partial charge in [0.05, 0.1) is 13.7 Å². The molecule has 2 fully saturated rings. The van der Waals surface area contributed by atoms with E-state index in [1.54, 1.807) is 6.07 Å². The van der Waals surface area contributed by atoms with Gasteiger partial charge in [0.2, 0.25) is 5.66 Å². The summed E-state index contributed by atoms with van der Waals surface area (Å²) in [6, 6.07) is 4.43. The van der Waals surface area contributed by atoms with Gasteiger partial charge in [-0.3, -0.25) is 0 Å². The fourth-order valence-electron chi connectivity index (χ4n) is 1.95. The zero-order valence-corrected chi connectivity index (χ0v) is 9.47. The van der Waals surface area contributed by atoms with Crippen LogP contribution in [0, 0.1) is 0 Å². The van der Waals surface area contributed by atoms with Crippen LogP contribution < -0.4 is 15.6 Å². The maximum atomic E-state index is 12.9. The minimum Gasteiger partial charge on any atom is -0.496 e. The lowest BCUT2D eigenvalue weighted by Crippen LogP contribution is -2.34. The van der Waals surface area contributed by atoms with Crippen molar-refractivity contribution in [3.05, 3.63) is 29.3 Å². The molecular formula is C11H11F3N2O2. The minimum absolute atomic E-state index is 0.0593. The van der Waals surface area contributed by atoms with Crippen molar-refractivity contribution in [2.24, 2.45) is 0 Å². The van der Waals surface area contributed by atoms with Crippen LogP contribution in [0.15, 0.2) is 18.2 Å². The summed E-state index contributed by atoms with van der Waals surface area (Å²) in [4.78, 5) is 0. The average Bonchev–Trinajstić information content (AvgIpc) is 3.16. The lowest BCUT2D eigenvalue weighted by Gasteiger charge is -2.17. The Morgan fingerprint density at radius 2 is 2.06 bits per heavy atom. The molecule has 4 nitrogen and oxygen atoms in total. The number of methoxy groups -OCH3 is 1. The molecule has 3 rings (SSSR count). The fraction of sp³-hybridized carbons (Fsp3) is 0.455. The minimum atomic E-state index is -4.41. The van der Waals surface area contributed by atoms with Crippen LogP contribution >= 0.6 is 0 Å². The molecule has 0 aromatic heterocycles. The summed E-state index contributed by atoms with van der Waals surface area (Å²) in [7, 11) is 1.43. The van der Waals surface area contributed by atoms with Crippen LogP contribution in [-0.4, -0.2) is 19.9 Å². The molecule has 0 radical (unpaired) electrons. The summed E-state index contributed by atoms with van der Waals surface area (Å²) in [5.74, 6) is 0.411. The van der Waals surface area contributed by atoms with Crippen molar-refractivity contribution in [2.45, 2.75) is 17.9 Å². The van der Waals surface area contributed by atoms with Crippen LogP contribution in [0.5, 0.6) is 5.75 Å². The van der Waals surface area contributed by atoms with E-state index in [4.69, 9.17) is 9.47 Å². The van der Waals surface area contributed by atoms with Crippen LogP contribution in [0.2, 0.25) is 0 Å². The fourth-order valence-corrected chi connectivity index (χ4v) is 1.95. The van der Waals surface area contributed by atoms with E-state index in [2.05, 4.69) is 10.9 Å². The van der Waals surface area contributed by atoms with E-state index in [9.17, 15) is 13.2 Å². The molecule has 0 bridgehead atoms. The van der Waals surface area contributed by atoms with E-state index in [0.717, 1.165) is 5.56 Å². The van der Waals surface area contributed by atoms with Crippen LogP contribution in [0.3, 0.4) is 0 Å². The lowest BCUT2D eigenvalue weighted by molar-refractivity contribution is -0.165. The molecule has 2 N–H and O–H groups in total. The highest BCUT2D eigenvalue weighted by Crippen LogP contribution is 2.45. The Kier molecular flexibility index (Phi) is 2.35. The summed E-state index contributed by atoms with van der Waals surface area (Å²) < 4.78 is 48.9.